The van der Waals surface area contributed by atoms with Crippen molar-refractivity contribution >= 4 is 44.0 Å². The summed E-state index contributed by atoms with van der Waals surface area (Å²) in [6.07, 6.45) is 1.74. The molecule has 0 amide bonds. The highest BCUT2D eigenvalue weighted by molar-refractivity contribution is 7.89. The van der Waals surface area contributed by atoms with Crippen molar-refractivity contribution < 1.29 is 13.2 Å². The van der Waals surface area contributed by atoms with E-state index in [2.05, 4.69) is 15.5 Å². The van der Waals surface area contributed by atoms with E-state index >= 15 is 0 Å². The van der Waals surface area contributed by atoms with Crippen LogP contribution < -0.4 is 5.43 Å². The van der Waals surface area contributed by atoms with Gasteiger partial charge in [-0.25, -0.2) is 13.4 Å². The maximum atomic E-state index is 12.9. The van der Waals surface area contributed by atoms with E-state index in [4.69, 9.17) is 4.74 Å². The zero-order valence-electron chi connectivity index (χ0n) is 14.8. The van der Waals surface area contributed by atoms with Gasteiger partial charge in [-0.15, -0.1) is 22.7 Å². The Bertz CT molecular complexity index is 1060. The maximum absolute atomic E-state index is 12.9. The number of hydrazone groups is 1. The van der Waals surface area contributed by atoms with E-state index in [0.29, 0.717) is 37.1 Å². The maximum Gasteiger partial charge on any atom is 0.243 e. The van der Waals surface area contributed by atoms with Crippen LogP contribution in [0.5, 0.6) is 0 Å². The van der Waals surface area contributed by atoms with Crippen LogP contribution in [0.25, 0.3) is 11.3 Å². The molecule has 146 valence electrons. The van der Waals surface area contributed by atoms with Crippen LogP contribution >= 0.6 is 22.7 Å². The van der Waals surface area contributed by atoms with Gasteiger partial charge in [0.2, 0.25) is 15.2 Å². The molecule has 1 aromatic carbocycles. The first-order valence-electron chi connectivity index (χ1n) is 8.59. The largest absolute Gasteiger partial charge is 0.379 e. The smallest absolute Gasteiger partial charge is 0.243 e. The molecule has 1 aliphatic rings. The second-order valence-electron chi connectivity index (χ2n) is 5.97. The number of hydrogen-bond acceptors (Lipinski definition) is 8. The Balaban J connectivity index is 1.51. The Morgan fingerprint density at radius 2 is 2.04 bits per heavy atom. The van der Waals surface area contributed by atoms with Gasteiger partial charge in [0.25, 0.3) is 0 Å². The number of hydrogen-bond donors (Lipinski definition) is 1. The van der Waals surface area contributed by atoms with Crippen LogP contribution in [0.1, 0.15) is 4.88 Å². The molecule has 3 heterocycles. The van der Waals surface area contributed by atoms with Crippen LogP contribution in [0, 0.1) is 0 Å². The Hall–Kier alpha value is -2.11. The average Bonchev–Trinajstić information content (AvgIpc) is 3.41. The minimum Gasteiger partial charge on any atom is -0.379 e. The van der Waals surface area contributed by atoms with Crippen molar-refractivity contribution in [2.24, 2.45) is 5.10 Å². The summed E-state index contributed by atoms with van der Waals surface area (Å²) < 4.78 is 32.4. The van der Waals surface area contributed by atoms with Gasteiger partial charge in [0, 0.05) is 28.9 Å². The van der Waals surface area contributed by atoms with Crippen molar-refractivity contribution in [3.05, 3.63) is 52.0 Å². The molecule has 10 heteroatoms. The third-order valence-electron chi connectivity index (χ3n) is 4.14. The lowest BCUT2D eigenvalue weighted by Gasteiger charge is -2.26. The Kier molecular flexibility index (Phi) is 5.83. The molecule has 0 unspecified atom stereocenters. The fraction of sp³-hybridized carbons (Fsp3) is 0.222. The molecular formula is C18H18N4O3S3. The van der Waals surface area contributed by atoms with Crippen molar-refractivity contribution in [2.45, 2.75) is 4.90 Å². The molecule has 0 saturated carbocycles. The van der Waals surface area contributed by atoms with Gasteiger partial charge in [0.05, 0.1) is 30.0 Å². The molecule has 1 N–H and O–H groups in total. The molecule has 0 aliphatic carbocycles. The molecule has 0 spiro atoms. The molecule has 4 rings (SSSR count). The third kappa shape index (κ3) is 4.31. The van der Waals surface area contributed by atoms with Crippen LogP contribution in [0.3, 0.4) is 0 Å². The van der Waals surface area contributed by atoms with Crippen LogP contribution in [0.4, 0.5) is 5.13 Å². The van der Waals surface area contributed by atoms with E-state index in [1.54, 1.807) is 35.8 Å². The predicted octanol–water partition coefficient (Wildman–Crippen LogP) is 3.34. The van der Waals surface area contributed by atoms with Gasteiger partial charge < -0.3 is 4.74 Å². The first-order valence-corrected chi connectivity index (χ1v) is 11.8. The van der Waals surface area contributed by atoms with Gasteiger partial charge in [0.15, 0.2) is 0 Å². The van der Waals surface area contributed by atoms with E-state index in [0.717, 1.165) is 10.4 Å². The predicted molar refractivity (Wildman–Crippen MR) is 113 cm³/mol. The van der Waals surface area contributed by atoms with Crippen molar-refractivity contribution in [3.8, 4) is 11.3 Å². The SMILES string of the molecule is O=S(=O)(c1cccc(-c2csc(NN=Cc3cccs3)n2)c1)N1CCOCC1. The van der Waals surface area contributed by atoms with Gasteiger partial charge in [-0.3, -0.25) is 5.43 Å². The van der Waals surface area contributed by atoms with Crippen molar-refractivity contribution in [2.75, 3.05) is 31.7 Å². The quantitative estimate of drug-likeness (QED) is 0.475. The number of nitrogens with zero attached hydrogens (tertiary/aromatic N) is 3. The fourth-order valence-corrected chi connectivity index (χ4v) is 5.43. The molecule has 1 fully saturated rings. The number of sulfonamides is 1. The molecule has 7 nitrogen and oxygen atoms in total. The van der Waals surface area contributed by atoms with Gasteiger partial charge in [0.1, 0.15) is 0 Å². The number of rotatable bonds is 6. The standard InChI is InChI=1S/C18H18N4O3S3/c23-28(24,22-6-8-25-9-7-22)16-5-1-3-14(11-16)17-13-27-18(20-17)21-19-12-15-4-2-10-26-15/h1-5,10-13H,6-9H2,(H,20,21). The summed E-state index contributed by atoms with van der Waals surface area (Å²) in [5.74, 6) is 0. The molecule has 3 aromatic rings. The topological polar surface area (TPSA) is 83.9 Å². The zero-order valence-corrected chi connectivity index (χ0v) is 17.3. The number of nitrogens with one attached hydrogen (secondary N) is 1. The highest BCUT2D eigenvalue weighted by Gasteiger charge is 2.26. The van der Waals surface area contributed by atoms with E-state index < -0.39 is 10.0 Å². The Morgan fingerprint density at radius 3 is 2.82 bits per heavy atom. The minimum absolute atomic E-state index is 0.269. The lowest BCUT2D eigenvalue weighted by Crippen LogP contribution is -2.40. The van der Waals surface area contributed by atoms with Gasteiger partial charge in [-0.2, -0.15) is 9.41 Å². The van der Waals surface area contributed by atoms with Crippen LogP contribution in [0.2, 0.25) is 0 Å². The van der Waals surface area contributed by atoms with Crippen LogP contribution in [-0.2, 0) is 14.8 Å². The number of thiazole rings is 1. The fourth-order valence-electron chi connectivity index (χ4n) is 2.73. The van der Waals surface area contributed by atoms with E-state index in [1.807, 2.05) is 29.0 Å². The van der Waals surface area contributed by atoms with Gasteiger partial charge in [-0.05, 0) is 23.6 Å². The van der Waals surface area contributed by atoms with E-state index in [9.17, 15) is 8.42 Å². The first-order chi connectivity index (χ1) is 13.6. The van der Waals surface area contributed by atoms with Crippen LogP contribution in [-0.4, -0.2) is 50.2 Å². The summed E-state index contributed by atoms with van der Waals surface area (Å²) >= 11 is 3.01. The number of benzene rings is 1. The Labute approximate surface area is 171 Å². The lowest BCUT2D eigenvalue weighted by molar-refractivity contribution is 0.0730. The number of morpholine rings is 1. The number of anilines is 1. The Morgan fingerprint density at radius 1 is 1.18 bits per heavy atom. The zero-order chi connectivity index (χ0) is 19.4. The minimum atomic E-state index is -3.53. The van der Waals surface area contributed by atoms with E-state index in [-0.39, 0.29) is 4.90 Å². The van der Waals surface area contributed by atoms with E-state index in [1.165, 1.54) is 15.6 Å². The van der Waals surface area contributed by atoms with Crippen molar-refractivity contribution in [1.82, 2.24) is 9.29 Å². The number of thiophene rings is 1. The highest BCUT2D eigenvalue weighted by atomic mass is 32.2. The number of ether oxygens (including phenoxy) is 1. The lowest BCUT2D eigenvalue weighted by atomic mass is 10.2. The summed E-state index contributed by atoms with van der Waals surface area (Å²) in [7, 11) is -3.53. The van der Waals surface area contributed by atoms with Gasteiger partial charge >= 0.3 is 0 Å². The summed E-state index contributed by atoms with van der Waals surface area (Å²) in [4.78, 5) is 5.82. The summed E-state index contributed by atoms with van der Waals surface area (Å²) in [6, 6.07) is 10.8. The first kappa shape index (κ1) is 19.2. The normalized spacial score (nSPS) is 15.9. The molecule has 0 bridgehead atoms. The molecular weight excluding hydrogens is 416 g/mol. The molecule has 2 aromatic heterocycles. The van der Waals surface area contributed by atoms with Gasteiger partial charge in [-0.1, -0.05) is 18.2 Å². The van der Waals surface area contributed by atoms with Crippen molar-refractivity contribution in [3.63, 3.8) is 0 Å². The summed E-state index contributed by atoms with van der Waals surface area (Å²) in [6.45, 7) is 1.59. The average molecular weight is 435 g/mol. The second-order valence-corrected chi connectivity index (χ2v) is 9.74. The summed E-state index contributed by atoms with van der Waals surface area (Å²) in [5.41, 5.74) is 4.37. The molecule has 0 atom stereocenters. The summed E-state index contributed by atoms with van der Waals surface area (Å²) in [5, 5.41) is 8.69. The highest BCUT2D eigenvalue weighted by Crippen LogP contribution is 2.28. The molecule has 1 saturated heterocycles. The van der Waals surface area contributed by atoms with Crippen LogP contribution in [0.15, 0.2) is 57.2 Å². The second kappa shape index (κ2) is 8.50. The molecule has 1 aliphatic heterocycles. The van der Waals surface area contributed by atoms with Crippen molar-refractivity contribution in [1.29, 1.82) is 0 Å². The third-order valence-corrected chi connectivity index (χ3v) is 7.59. The molecule has 0 radical (unpaired) electrons. The monoisotopic (exact) mass is 434 g/mol. The number of aromatic nitrogens is 1. The molecule has 28 heavy (non-hydrogen) atoms.